The van der Waals surface area contributed by atoms with Gasteiger partial charge in [0.1, 0.15) is 5.60 Å². The van der Waals surface area contributed by atoms with Crippen LogP contribution in [-0.2, 0) is 11.3 Å². The Morgan fingerprint density at radius 2 is 1.83 bits per heavy atom. The van der Waals surface area contributed by atoms with E-state index in [9.17, 15) is 4.79 Å². The van der Waals surface area contributed by atoms with Crippen molar-refractivity contribution in [3.63, 3.8) is 0 Å². The summed E-state index contributed by atoms with van der Waals surface area (Å²) in [5, 5.41) is 3.40. The fourth-order valence-electron chi connectivity index (χ4n) is 2.26. The normalized spacial score (nSPS) is 12.1. The molecule has 0 fully saturated rings. The zero-order valence-electron chi connectivity index (χ0n) is 15.7. The number of nitrogens with one attached hydrogen (secondary N) is 1. The van der Waals surface area contributed by atoms with Crippen molar-refractivity contribution in [3.8, 4) is 0 Å². The predicted molar refractivity (Wildman–Crippen MR) is 95.6 cm³/mol. The number of aryl methyl sites for hydroxylation is 1. The maximum atomic E-state index is 12.4. The van der Waals surface area contributed by atoms with Gasteiger partial charge in [0.2, 0.25) is 0 Å². The van der Waals surface area contributed by atoms with E-state index in [-0.39, 0.29) is 11.6 Å². The summed E-state index contributed by atoms with van der Waals surface area (Å²) >= 11 is 0. The van der Waals surface area contributed by atoms with Gasteiger partial charge in [-0.25, -0.2) is 4.79 Å². The minimum Gasteiger partial charge on any atom is -0.444 e. The molecule has 1 rings (SSSR count). The number of benzene rings is 1. The van der Waals surface area contributed by atoms with Crippen molar-refractivity contribution in [1.82, 2.24) is 10.2 Å². The smallest absolute Gasteiger partial charge is 0.410 e. The van der Waals surface area contributed by atoms with E-state index in [1.807, 2.05) is 41.5 Å². The summed E-state index contributed by atoms with van der Waals surface area (Å²) in [4.78, 5) is 14.2. The first-order chi connectivity index (χ1) is 10.5. The first-order valence-electron chi connectivity index (χ1n) is 8.26. The number of carbonyl (C=O) groups is 1. The topological polar surface area (TPSA) is 41.6 Å². The lowest BCUT2D eigenvalue weighted by atomic mass is 10.1. The second-order valence-corrected chi connectivity index (χ2v) is 7.97. The molecule has 0 bridgehead atoms. The van der Waals surface area contributed by atoms with Crippen LogP contribution in [0.25, 0.3) is 0 Å². The van der Waals surface area contributed by atoms with Gasteiger partial charge in [0.25, 0.3) is 0 Å². The monoisotopic (exact) mass is 320 g/mol. The molecule has 1 amide bonds. The van der Waals surface area contributed by atoms with E-state index in [0.717, 1.165) is 13.1 Å². The summed E-state index contributed by atoms with van der Waals surface area (Å²) in [5.41, 5.74) is 1.77. The van der Waals surface area contributed by atoms with E-state index in [1.54, 1.807) is 4.90 Å². The highest BCUT2D eigenvalue weighted by molar-refractivity contribution is 5.69. The van der Waals surface area contributed by atoms with E-state index in [1.165, 1.54) is 11.1 Å². The second-order valence-electron chi connectivity index (χ2n) is 7.97. The van der Waals surface area contributed by atoms with Crippen molar-refractivity contribution in [2.45, 2.75) is 66.2 Å². The number of ether oxygens (including phenoxy) is 1. The van der Waals surface area contributed by atoms with Crippen molar-refractivity contribution in [2.24, 2.45) is 0 Å². The minimum atomic E-state index is -0.477. The van der Waals surface area contributed by atoms with E-state index in [0.29, 0.717) is 6.54 Å². The lowest BCUT2D eigenvalue weighted by Crippen LogP contribution is -2.50. The second kappa shape index (κ2) is 7.82. The van der Waals surface area contributed by atoms with E-state index >= 15 is 0 Å². The van der Waals surface area contributed by atoms with Gasteiger partial charge in [-0.3, -0.25) is 0 Å². The van der Waals surface area contributed by atoms with Gasteiger partial charge >= 0.3 is 6.09 Å². The molecule has 1 N–H and O–H groups in total. The molecule has 4 heteroatoms. The van der Waals surface area contributed by atoms with Crippen molar-refractivity contribution >= 4 is 6.09 Å². The van der Waals surface area contributed by atoms with Crippen LogP contribution in [0.15, 0.2) is 24.3 Å². The highest BCUT2D eigenvalue weighted by Crippen LogP contribution is 2.18. The van der Waals surface area contributed by atoms with Crippen LogP contribution in [0.1, 0.15) is 52.7 Å². The molecular weight excluding hydrogens is 288 g/mol. The fourth-order valence-corrected chi connectivity index (χ4v) is 2.26. The SMILES string of the molecule is Cc1cccc(CNCCN(C(=O)OC(C)(C)C)C(C)(C)C)c1. The summed E-state index contributed by atoms with van der Waals surface area (Å²) in [7, 11) is 0. The van der Waals surface area contributed by atoms with Crippen molar-refractivity contribution in [1.29, 1.82) is 0 Å². The molecule has 0 aliphatic heterocycles. The van der Waals surface area contributed by atoms with Crippen LogP contribution in [0.2, 0.25) is 0 Å². The molecule has 0 saturated carbocycles. The number of hydrogen-bond acceptors (Lipinski definition) is 3. The highest BCUT2D eigenvalue weighted by Gasteiger charge is 2.30. The van der Waals surface area contributed by atoms with Gasteiger partial charge < -0.3 is 15.0 Å². The van der Waals surface area contributed by atoms with E-state index < -0.39 is 5.60 Å². The zero-order valence-corrected chi connectivity index (χ0v) is 15.7. The summed E-state index contributed by atoms with van der Waals surface area (Å²) < 4.78 is 5.52. The third kappa shape index (κ3) is 7.51. The molecule has 0 saturated heterocycles. The Hall–Kier alpha value is -1.55. The summed E-state index contributed by atoms with van der Waals surface area (Å²) in [6, 6.07) is 8.43. The van der Waals surface area contributed by atoms with Crippen molar-refractivity contribution < 1.29 is 9.53 Å². The quantitative estimate of drug-likeness (QED) is 0.830. The molecule has 4 nitrogen and oxygen atoms in total. The number of nitrogens with zero attached hydrogens (tertiary/aromatic N) is 1. The van der Waals surface area contributed by atoms with Crippen molar-refractivity contribution in [3.05, 3.63) is 35.4 Å². The number of carbonyl (C=O) groups excluding carboxylic acids is 1. The van der Waals surface area contributed by atoms with Gasteiger partial charge in [-0.15, -0.1) is 0 Å². The van der Waals surface area contributed by atoms with Crippen LogP contribution >= 0.6 is 0 Å². The van der Waals surface area contributed by atoms with Crippen LogP contribution < -0.4 is 5.32 Å². The molecule has 0 aliphatic rings. The Bertz CT molecular complexity index is 513. The van der Waals surface area contributed by atoms with Gasteiger partial charge in [-0.2, -0.15) is 0 Å². The Morgan fingerprint density at radius 1 is 1.17 bits per heavy atom. The van der Waals surface area contributed by atoms with Crippen molar-refractivity contribution in [2.75, 3.05) is 13.1 Å². The summed E-state index contributed by atoms with van der Waals surface area (Å²) in [5.74, 6) is 0. The molecule has 0 radical (unpaired) electrons. The fraction of sp³-hybridized carbons (Fsp3) is 0.632. The first-order valence-corrected chi connectivity index (χ1v) is 8.26. The molecule has 0 spiro atoms. The average molecular weight is 320 g/mol. The maximum Gasteiger partial charge on any atom is 0.410 e. The summed E-state index contributed by atoms with van der Waals surface area (Å²) in [6.45, 7) is 16.0. The minimum absolute atomic E-state index is 0.262. The molecular formula is C19H32N2O2. The van der Waals surface area contributed by atoms with Gasteiger partial charge in [0, 0.05) is 25.2 Å². The number of amides is 1. The first kappa shape index (κ1) is 19.5. The van der Waals surface area contributed by atoms with Crippen LogP contribution in [-0.4, -0.2) is 35.2 Å². The molecule has 0 aliphatic carbocycles. The molecule has 0 atom stereocenters. The molecule has 0 heterocycles. The van der Waals surface area contributed by atoms with Crippen LogP contribution in [0, 0.1) is 6.92 Å². The van der Waals surface area contributed by atoms with E-state index in [4.69, 9.17) is 4.74 Å². The lowest BCUT2D eigenvalue weighted by molar-refractivity contribution is 0.00663. The average Bonchev–Trinajstić information content (AvgIpc) is 2.34. The number of rotatable bonds is 5. The predicted octanol–water partition coefficient (Wildman–Crippen LogP) is 4.12. The van der Waals surface area contributed by atoms with Gasteiger partial charge in [0.15, 0.2) is 0 Å². The molecule has 23 heavy (non-hydrogen) atoms. The summed E-state index contributed by atoms with van der Waals surface area (Å²) in [6.07, 6.45) is -0.262. The largest absolute Gasteiger partial charge is 0.444 e. The third-order valence-electron chi connectivity index (χ3n) is 3.35. The highest BCUT2D eigenvalue weighted by atomic mass is 16.6. The van der Waals surface area contributed by atoms with Crippen LogP contribution in [0.3, 0.4) is 0 Å². The zero-order chi connectivity index (χ0) is 17.7. The van der Waals surface area contributed by atoms with Gasteiger partial charge in [-0.1, -0.05) is 29.8 Å². The Morgan fingerprint density at radius 3 is 2.35 bits per heavy atom. The van der Waals surface area contributed by atoms with Gasteiger partial charge in [-0.05, 0) is 54.0 Å². The molecule has 130 valence electrons. The molecule has 1 aromatic carbocycles. The maximum absolute atomic E-state index is 12.4. The number of hydrogen-bond donors (Lipinski definition) is 1. The van der Waals surface area contributed by atoms with Gasteiger partial charge in [0.05, 0.1) is 0 Å². The molecule has 0 aromatic heterocycles. The third-order valence-corrected chi connectivity index (χ3v) is 3.35. The Labute approximate surface area is 141 Å². The molecule has 1 aromatic rings. The standard InChI is InChI=1S/C19H32N2O2/c1-15-9-8-10-16(13-15)14-20-11-12-21(18(2,3)4)17(22)23-19(5,6)7/h8-10,13,20H,11-12,14H2,1-7H3. The Balaban J connectivity index is 2.54. The van der Waals surface area contributed by atoms with Crippen LogP contribution in [0.4, 0.5) is 4.79 Å². The van der Waals surface area contributed by atoms with E-state index in [2.05, 4.69) is 36.5 Å². The lowest BCUT2D eigenvalue weighted by Gasteiger charge is -2.36. The van der Waals surface area contributed by atoms with Crippen LogP contribution in [0.5, 0.6) is 0 Å². The Kier molecular flexibility index (Phi) is 6.63. The molecule has 0 unspecified atom stereocenters.